The van der Waals surface area contributed by atoms with Crippen LogP contribution in [0.4, 0.5) is 17.1 Å². The van der Waals surface area contributed by atoms with Crippen LogP contribution < -0.4 is 19.8 Å². The lowest BCUT2D eigenvalue weighted by molar-refractivity contribution is 0.00578. The molecule has 1 aliphatic heterocycles. The molecule has 0 aliphatic carbocycles. The molecule has 0 bridgehead atoms. The number of ether oxygens (including phenoxy) is 2. The van der Waals surface area contributed by atoms with Gasteiger partial charge in [0, 0.05) is 17.1 Å². The first kappa shape index (κ1) is 43.1. The molecule has 1 heterocycles. The summed E-state index contributed by atoms with van der Waals surface area (Å²) in [6, 6.07) is 43.3. The Morgan fingerprint density at radius 2 is 0.810 bits per heavy atom. The number of nitrogens with zero attached hydrogens (tertiary/aromatic N) is 1. The van der Waals surface area contributed by atoms with Gasteiger partial charge in [-0.3, -0.25) is 0 Å². The van der Waals surface area contributed by atoms with Crippen molar-refractivity contribution in [3.05, 3.63) is 121 Å². The zero-order valence-corrected chi connectivity index (χ0v) is 36.4. The topological polar surface area (TPSA) is 40.2 Å². The average molecular weight is 780 g/mol. The third-order valence-corrected chi connectivity index (χ3v) is 12.4. The van der Waals surface area contributed by atoms with E-state index in [1.54, 1.807) is 0 Å². The fraction of sp³-hybridized carbons (Fsp3) is 0.423. The highest BCUT2D eigenvalue weighted by Gasteiger charge is 2.51. The summed E-state index contributed by atoms with van der Waals surface area (Å²) >= 11 is 0. The molecule has 1 saturated heterocycles. The van der Waals surface area contributed by atoms with Crippen LogP contribution in [-0.2, 0) is 9.31 Å². The van der Waals surface area contributed by atoms with Gasteiger partial charge in [0.15, 0.2) is 0 Å². The monoisotopic (exact) mass is 780 g/mol. The zero-order chi connectivity index (χ0) is 41.1. The number of rotatable bonds is 20. The van der Waals surface area contributed by atoms with Crippen molar-refractivity contribution in [1.82, 2.24) is 0 Å². The van der Waals surface area contributed by atoms with E-state index in [1.165, 1.54) is 38.5 Å². The van der Waals surface area contributed by atoms with Gasteiger partial charge in [-0.2, -0.15) is 0 Å². The van der Waals surface area contributed by atoms with E-state index in [4.69, 9.17) is 18.8 Å². The van der Waals surface area contributed by atoms with Crippen molar-refractivity contribution in [1.29, 1.82) is 0 Å². The largest absolute Gasteiger partial charge is 0.494 e. The number of hydrogen-bond acceptors (Lipinski definition) is 5. The van der Waals surface area contributed by atoms with Crippen molar-refractivity contribution in [2.24, 2.45) is 11.8 Å². The first-order chi connectivity index (χ1) is 28.0. The van der Waals surface area contributed by atoms with Crippen LogP contribution in [0.1, 0.15) is 107 Å². The molecule has 0 N–H and O–H groups in total. The lowest BCUT2D eigenvalue weighted by atomic mass is 9.79. The molecule has 6 heteroatoms. The second kappa shape index (κ2) is 20.0. The molecule has 306 valence electrons. The van der Waals surface area contributed by atoms with Crippen LogP contribution in [-0.4, -0.2) is 31.5 Å². The van der Waals surface area contributed by atoms with Gasteiger partial charge in [-0.15, -0.1) is 0 Å². The van der Waals surface area contributed by atoms with E-state index >= 15 is 0 Å². The average Bonchev–Trinajstić information content (AvgIpc) is 3.47. The highest BCUT2D eigenvalue weighted by atomic mass is 16.7. The molecule has 1 aliphatic rings. The predicted molar refractivity (Wildman–Crippen MR) is 245 cm³/mol. The maximum atomic E-state index is 6.38. The Bertz CT molecular complexity index is 1850. The first-order valence-corrected chi connectivity index (χ1v) is 22.0. The lowest BCUT2D eigenvalue weighted by Crippen LogP contribution is -2.41. The number of anilines is 3. The van der Waals surface area contributed by atoms with E-state index in [0.717, 1.165) is 82.3 Å². The standard InChI is InChI=1S/C52H66BNO4/c1-9-13-15-39(11-3)37-55-49-33-21-43(22-34-49)41-17-27-46(28-18-41)54(48-31-25-45(26-32-48)53-57-51(5,6)52(7,8)58-53)47-29-19-42(20-30-47)44-23-35-50(36-24-44)56-38-40(12-4)16-14-10-2/h17-36,39-40H,9-16,37-38H2,1-8H3. The van der Waals surface area contributed by atoms with Crippen molar-refractivity contribution in [2.45, 2.75) is 118 Å². The van der Waals surface area contributed by atoms with Crippen LogP contribution in [0.15, 0.2) is 121 Å². The minimum Gasteiger partial charge on any atom is -0.493 e. The van der Waals surface area contributed by atoms with Crippen molar-refractivity contribution < 1.29 is 18.8 Å². The van der Waals surface area contributed by atoms with Gasteiger partial charge in [-0.25, -0.2) is 0 Å². The smallest absolute Gasteiger partial charge is 0.493 e. The van der Waals surface area contributed by atoms with Crippen LogP contribution in [0.25, 0.3) is 22.3 Å². The Kier molecular flexibility index (Phi) is 14.8. The van der Waals surface area contributed by atoms with Crippen LogP contribution >= 0.6 is 0 Å². The summed E-state index contributed by atoms with van der Waals surface area (Å²) in [7, 11) is -0.414. The maximum absolute atomic E-state index is 6.38. The van der Waals surface area contributed by atoms with Gasteiger partial charge in [-0.05, 0) is 141 Å². The summed E-state index contributed by atoms with van der Waals surface area (Å²) in [4.78, 5) is 2.31. The summed E-state index contributed by atoms with van der Waals surface area (Å²) in [6.07, 6.45) is 9.74. The van der Waals surface area contributed by atoms with Gasteiger partial charge >= 0.3 is 7.12 Å². The van der Waals surface area contributed by atoms with Gasteiger partial charge in [-0.1, -0.05) is 127 Å². The van der Waals surface area contributed by atoms with Crippen LogP contribution in [0.5, 0.6) is 11.5 Å². The van der Waals surface area contributed by atoms with E-state index in [-0.39, 0.29) is 0 Å². The molecular weight excluding hydrogens is 713 g/mol. The summed E-state index contributed by atoms with van der Waals surface area (Å²) < 4.78 is 25.2. The van der Waals surface area contributed by atoms with Gasteiger partial charge in [0.1, 0.15) is 11.5 Å². The van der Waals surface area contributed by atoms with E-state index in [1.807, 2.05) is 0 Å². The van der Waals surface area contributed by atoms with Crippen molar-refractivity contribution in [3.8, 4) is 33.8 Å². The summed E-state index contributed by atoms with van der Waals surface area (Å²) in [6.45, 7) is 18.9. The second-order valence-corrected chi connectivity index (χ2v) is 17.1. The molecule has 5 aromatic carbocycles. The highest BCUT2D eigenvalue weighted by Crippen LogP contribution is 2.39. The molecule has 6 rings (SSSR count). The fourth-order valence-electron chi connectivity index (χ4n) is 7.52. The Hall–Kier alpha value is -4.52. The van der Waals surface area contributed by atoms with Gasteiger partial charge in [0.2, 0.25) is 0 Å². The predicted octanol–water partition coefficient (Wildman–Crippen LogP) is 14.0. The van der Waals surface area contributed by atoms with E-state index in [2.05, 4.69) is 182 Å². The van der Waals surface area contributed by atoms with Crippen LogP contribution in [0, 0.1) is 11.8 Å². The Balaban J connectivity index is 1.21. The van der Waals surface area contributed by atoms with Crippen molar-refractivity contribution >= 4 is 29.6 Å². The Labute approximate surface area is 350 Å². The Morgan fingerprint density at radius 1 is 0.483 bits per heavy atom. The molecule has 0 amide bonds. The van der Waals surface area contributed by atoms with E-state index < -0.39 is 18.3 Å². The molecule has 0 spiro atoms. The molecule has 0 saturated carbocycles. The zero-order valence-electron chi connectivity index (χ0n) is 36.4. The SMILES string of the molecule is CCCCC(CC)COc1ccc(-c2ccc(N(c3ccc(B4OC(C)(C)C(C)(C)O4)cc3)c3ccc(-c4ccc(OCC(CC)CCCC)cc4)cc3)cc2)cc1. The first-order valence-electron chi connectivity index (χ1n) is 22.0. The molecule has 2 atom stereocenters. The molecule has 5 nitrogen and oxygen atoms in total. The third-order valence-electron chi connectivity index (χ3n) is 12.4. The molecule has 2 unspecified atom stereocenters. The van der Waals surface area contributed by atoms with Crippen LogP contribution in [0.2, 0.25) is 0 Å². The fourth-order valence-corrected chi connectivity index (χ4v) is 7.52. The third kappa shape index (κ3) is 10.7. The molecular formula is C52H66BNO4. The van der Waals surface area contributed by atoms with Crippen molar-refractivity contribution in [3.63, 3.8) is 0 Å². The summed E-state index contributed by atoms with van der Waals surface area (Å²) in [5.74, 6) is 3.08. The molecule has 0 aromatic heterocycles. The second-order valence-electron chi connectivity index (χ2n) is 17.1. The lowest BCUT2D eigenvalue weighted by Gasteiger charge is -2.32. The number of benzene rings is 5. The number of unbranched alkanes of at least 4 members (excludes halogenated alkanes) is 2. The van der Waals surface area contributed by atoms with Gasteiger partial charge < -0.3 is 23.7 Å². The number of hydrogen-bond donors (Lipinski definition) is 0. The molecule has 58 heavy (non-hydrogen) atoms. The molecule has 5 aromatic rings. The molecule has 1 fully saturated rings. The van der Waals surface area contributed by atoms with E-state index in [9.17, 15) is 0 Å². The minimum absolute atomic E-state index is 0.398. The van der Waals surface area contributed by atoms with Crippen LogP contribution in [0.3, 0.4) is 0 Å². The summed E-state index contributed by atoms with van der Waals surface area (Å²) in [5.41, 5.74) is 8.06. The van der Waals surface area contributed by atoms with Crippen molar-refractivity contribution in [2.75, 3.05) is 18.1 Å². The molecule has 0 radical (unpaired) electrons. The normalized spacial score (nSPS) is 15.6. The van der Waals surface area contributed by atoms with Gasteiger partial charge in [0.25, 0.3) is 0 Å². The Morgan fingerprint density at radius 3 is 1.14 bits per heavy atom. The maximum Gasteiger partial charge on any atom is 0.494 e. The summed E-state index contributed by atoms with van der Waals surface area (Å²) in [5, 5.41) is 0. The quantitative estimate of drug-likeness (QED) is 0.0736. The minimum atomic E-state index is -0.414. The van der Waals surface area contributed by atoms with Gasteiger partial charge in [0.05, 0.1) is 24.4 Å². The van der Waals surface area contributed by atoms with E-state index in [0.29, 0.717) is 11.8 Å². The highest BCUT2D eigenvalue weighted by molar-refractivity contribution is 6.62.